The summed E-state index contributed by atoms with van der Waals surface area (Å²) in [6, 6.07) is 0. The lowest BCUT2D eigenvalue weighted by molar-refractivity contribution is -0.158. The molecule has 1 unspecified atom stereocenters. The molecule has 2 amide bonds. The van der Waals surface area contributed by atoms with E-state index >= 15 is 0 Å². The van der Waals surface area contributed by atoms with Crippen LogP contribution in [0.2, 0.25) is 0 Å². The van der Waals surface area contributed by atoms with Gasteiger partial charge in [-0.3, -0.25) is 14.4 Å². The zero-order valence-electron chi connectivity index (χ0n) is 15.0. The maximum Gasteiger partial charge on any atom is 0.311 e. The van der Waals surface area contributed by atoms with E-state index in [2.05, 4.69) is 17.2 Å². The highest BCUT2D eigenvalue weighted by Gasteiger charge is 2.53. The third-order valence-corrected chi connectivity index (χ3v) is 4.53. The fourth-order valence-electron chi connectivity index (χ4n) is 3.34. The maximum atomic E-state index is 12.9. The molecule has 0 aromatic carbocycles. The van der Waals surface area contributed by atoms with Gasteiger partial charge in [0.15, 0.2) is 0 Å². The molecule has 6 heteroatoms. The lowest BCUT2D eigenvalue weighted by Crippen LogP contribution is -2.66. The topological polar surface area (TPSA) is 84.5 Å². The standard InChI is InChI=1S/C18H30N2O4/c1-5-8-11-19-17(23)18(20-13(4)21)12-14(6-2)9-10-15(18)16(22)24-7-3/h6,14-15H,2,5,7-12H2,1,3-4H3,(H,19,23)(H,20,21)/t14-,15?,18+/m1/s1. The molecule has 1 fully saturated rings. The van der Waals surface area contributed by atoms with Crippen LogP contribution in [0, 0.1) is 11.8 Å². The van der Waals surface area contributed by atoms with Crippen LogP contribution in [0.3, 0.4) is 0 Å². The van der Waals surface area contributed by atoms with Gasteiger partial charge in [0.1, 0.15) is 5.54 Å². The van der Waals surface area contributed by atoms with Crippen molar-refractivity contribution in [2.75, 3.05) is 13.2 Å². The normalized spacial score (nSPS) is 26.3. The Balaban J connectivity index is 3.16. The molecule has 24 heavy (non-hydrogen) atoms. The minimum atomic E-state index is -1.27. The van der Waals surface area contributed by atoms with E-state index in [0.717, 1.165) is 19.3 Å². The number of amides is 2. The Bertz CT molecular complexity index is 478. The number of nitrogens with one attached hydrogen (secondary N) is 2. The Hall–Kier alpha value is -1.85. The van der Waals surface area contributed by atoms with Crippen LogP contribution in [0.1, 0.15) is 52.9 Å². The van der Waals surface area contributed by atoms with E-state index < -0.39 is 17.4 Å². The molecule has 0 bridgehead atoms. The third-order valence-electron chi connectivity index (χ3n) is 4.53. The number of rotatable bonds is 8. The second-order valence-corrected chi connectivity index (χ2v) is 6.34. The molecule has 136 valence electrons. The highest BCUT2D eigenvalue weighted by molar-refractivity contribution is 5.96. The number of esters is 1. The molecule has 1 aliphatic carbocycles. The van der Waals surface area contributed by atoms with Crippen molar-refractivity contribution in [3.63, 3.8) is 0 Å². The quantitative estimate of drug-likeness (QED) is 0.402. The Morgan fingerprint density at radius 2 is 2.00 bits per heavy atom. The minimum Gasteiger partial charge on any atom is -0.466 e. The summed E-state index contributed by atoms with van der Waals surface area (Å²) in [5.74, 6) is -1.69. The van der Waals surface area contributed by atoms with Crippen LogP contribution in [0.5, 0.6) is 0 Å². The Kier molecular flexibility index (Phi) is 7.95. The number of unbranched alkanes of at least 4 members (excludes halogenated alkanes) is 1. The summed E-state index contributed by atoms with van der Waals surface area (Å²) in [4.78, 5) is 37.2. The number of carbonyl (C=O) groups excluding carboxylic acids is 3. The molecule has 3 atom stereocenters. The van der Waals surface area contributed by atoms with E-state index in [0.29, 0.717) is 19.4 Å². The minimum absolute atomic E-state index is 0.0689. The van der Waals surface area contributed by atoms with Crippen LogP contribution in [0.25, 0.3) is 0 Å². The van der Waals surface area contributed by atoms with Gasteiger partial charge in [-0.2, -0.15) is 0 Å². The largest absolute Gasteiger partial charge is 0.466 e. The van der Waals surface area contributed by atoms with Crippen LogP contribution < -0.4 is 10.6 Å². The molecule has 1 rings (SSSR count). The zero-order chi connectivity index (χ0) is 18.2. The van der Waals surface area contributed by atoms with Gasteiger partial charge in [0.05, 0.1) is 12.5 Å². The predicted molar refractivity (Wildman–Crippen MR) is 92.1 cm³/mol. The fraction of sp³-hybridized carbons (Fsp3) is 0.722. The van der Waals surface area contributed by atoms with Gasteiger partial charge in [-0.05, 0) is 38.5 Å². The first-order chi connectivity index (χ1) is 11.4. The number of allylic oxidation sites excluding steroid dienone is 1. The van der Waals surface area contributed by atoms with Gasteiger partial charge in [-0.1, -0.05) is 19.4 Å². The number of ether oxygens (including phenoxy) is 1. The maximum absolute atomic E-state index is 12.9. The summed E-state index contributed by atoms with van der Waals surface area (Å²) < 4.78 is 5.17. The van der Waals surface area contributed by atoms with Crippen LogP contribution in [-0.4, -0.2) is 36.5 Å². The lowest BCUT2D eigenvalue weighted by atomic mass is 9.67. The molecule has 0 heterocycles. The van der Waals surface area contributed by atoms with Crippen LogP contribution in [0.15, 0.2) is 12.7 Å². The van der Waals surface area contributed by atoms with Gasteiger partial charge >= 0.3 is 5.97 Å². The third kappa shape index (κ3) is 4.82. The molecular formula is C18H30N2O4. The predicted octanol–water partition coefficient (Wildman–Crippen LogP) is 1.94. The lowest BCUT2D eigenvalue weighted by Gasteiger charge is -2.44. The summed E-state index contributed by atoms with van der Waals surface area (Å²) in [6.07, 6.45) is 5.17. The van der Waals surface area contributed by atoms with Crippen molar-refractivity contribution in [2.24, 2.45) is 11.8 Å². The van der Waals surface area contributed by atoms with E-state index in [-0.39, 0.29) is 24.3 Å². The van der Waals surface area contributed by atoms with Crippen molar-refractivity contribution in [3.05, 3.63) is 12.7 Å². The molecule has 1 aliphatic rings. The van der Waals surface area contributed by atoms with Gasteiger partial charge in [0.25, 0.3) is 0 Å². The van der Waals surface area contributed by atoms with Crippen LogP contribution in [-0.2, 0) is 19.1 Å². The molecule has 0 aromatic rings. The van der Waals surface area contributed by atoms with Gasteiger partial charge < -0.3 is 15.4 Å². The van der Waals surface area contributed by atoms with Gasteiger partial charge in [-0.25, -0.2) is 0 Å². The van der Waals surface area contributed by atoms with Crippen molar-refractivity contribution < 1.29 is 19.1 Å². The summed E-state index contributed by atoms with van der Waals surface area (Å²) >= 11 is 0. The second-order valence-electron chi connectivity index (χ2n) is 6.34. The van der Waals surface area contributed by atoms with Crippen molar-refractivity contribution in [1.29, 1.82) is 0 Å². The first kappa shape index (κ1) is 20.2. The van der Waals surface area contributed by atoms with E-state index in [9.17, 15) is 14.4 Å². The van der Waals surface area contributed by atoms with Gasteiger partial charge in [0, 0.05) is 13.5 Å². The average Bonchev–Trinajstić information content (AvgIpc) is 2.54. The summed E-state index contributed by atoms with van der Waals surface area (Å²) in [5.41, 5.74) is -1.27. The van der Waals surface area contributed by atoms with Gasteiger partial charge in [-0.15, -0.1) is 6.58 Å². The highest BCUT2D eigenvalue weighted by Crippen LogP contribution is 2.39. The van der Waals surface area contributed by atoms with E-state index in [1.807, 2.05) is 6.92 Å². The van der Waals surface area contributed by atoms with Crippen molar-refractivity contribution in [1.82, 2.24) is 10.6 Å². The SMILES string of the molecule is C=C[C@@H]1CCC(C(=O)OCC)[C@](NC(C)=O)(C(=O)NCCCC)C1. The van der Waals surface area contributed by atoms with E-state index in [1.54, 1.807) is 13.0 Å². The smallest absolute Gasteiger partial charge is 0.311 e. The Morgan fingerprint density at radius 3 is 2.54 bits per heavy atom. The van der Waals surface area contributed by atoms with Crippen molar-refractivity contribution in [3.8, 4) is 0 Å². The number of hydrogen-bond donors (Lipinski definition) is 2. The Morgan fingerprint density at radius 1 is 1.29 bits per heavy atom. The first-order valence-electron chi connectivity index (χ1n) is 8.77. The number of carbonyl (C=O) groups is 3. The number of hydrogen-bond acceptors (Lipinski definition) is 4. The zero-order valence-corrected chi connectivity index (χ0v) is 15.0. The molecule has 6 nitrogen and oxygen atoms in total. The van der Waals surface area contributed by atoms with Crippen molar-refractivity contribution >= 4 is 17.8 Å². The molecule has 0 aromatic heterocycles. The molecule has 0 aliphatic heterocycles. The van der Waals surface area contributed by atoms with Crippen LogP contribution >= 0.6 is 0 Å². The fourth-order valence-corrected chi connectivity index (χ4v) is 3.34. The van der Waals surface area contributed by atoms with E-state index in [1.165, 1.54) is 6.92 Å². The first-order valence-corrected chi connectivity index (χ1v) is 8.77. The summed E-state index contributed by atoms with van der Waals surface area (Å²) in [5, 5.41) is 5.65. The van der Waals surface area contributed by atoms with Crippen molar-refractivity contribution in [2.45, 2.75) is 58.4 Å². The van der Waals surface area contributed by atoms with Crippen LogP contribution in [0.4, 0.5) is 0 Å². The molecule has 1 saturated carbocycles. The highest BCUT2D eigenvalue weighted by atomic mass is 16.5. The van der Waals surface area contributed by atoms with E-state index in [4.69, 9.17) is 4.74 Å². The van der Waals surface area contributed by atoms with Gasteiger partial charge in [0.2, 0.25) is 11.8 Å². The molecular weight excluding hydrogens is 308 g/mol. The molecule has 0 radical (unpaired) electrons. The second kappa shape index (κ2) is 9.45. The summed E-state index contributed by atoms with van der Waals surface area (Å²) in [6.45, 7) is 9.70. The Labute approximate surface area is 144 Å². The molecule has 0 spiro atoms. The molecule has 2 N–H and O–H groups in total. The summed E-state index contributed by atoms with van der Waals surface area (Å²) in [7, 11) is 0. The average molecular weight is 338 g/mol. The molecule has 0 saturated heterocycles. The monoisotopic (exact) mass is 338 g/mol.